The van der Waals surface area contributed by atoms with E-state index in [1.165, 1.54) is 35.2 Å². The highest BCUT2D eigenvalue weighted by atomic mass is 16.3. The Morgan fingerprint density at radius 3 is 2.61 bits per heavy atom. The van der Waals surface area contributed by atoms with Crippen LogP contribution in [-0.2, 0) is 18.9 Å². The van der Waals surface area contributed by atoms with E-state index in [4.69, 9.17) is 0 Å². The fourth-order valence-corrected chi connectivity index (χ4v) is 8.99. The zero-order chi connectivity index (χ0) is 27.4. The van der Waals surface area contributed by atoms with Gasteiger partial charge in [-0.2, -0.15) is 0 Å². The molecule has 3 aliphatic rings. The van der Waals surface area contributed by atoms with Crippen LogP contribution < -0.4 is 10.9 Å². The summed E-state index contributed by atoms with van der Waals surface area (Å²) in [5.74, 6) is 1.38. The van der Waals surface area contributed by atoms with Gasteiger partial charge < -0.3 is 10.4 Å². The van der Waals surface area contributed by atoms with Gasteiger partial charge in [-0.1, -0.05) is 26.8 Å². The Bertz CT molecular complexity index is 1250. The zero-order valence-electron chi connectivity index (χ0n) is 24.0. The molecule has 5 rings (SSSR count). The van der Waals surface area contributed by atoms with Gasteiger partial charge in [-0.15, -0.1) is 0 Å². The molecule has 0 bridgehead atoms. The molecule has 1 aliphatic heterocycles. The Morgan fingerprint density at radius 1 is 1.26 bits per heavy atom. The summed E-state index contributed by atoms with van der Waals surface area (Å²) in [6, 6.07) is 6.22. The highest BCUT2D eigenvalue weighted by Gasteiger charge is 2.68. The van der Waals surface area contributed by atoms with Crippen molar-refractivity contribution in [1.29, 1.82) is 0 Å². The molecule has 1 saturated heterocycles. The molecule has 5 unspecified atom stereocenters. The van der Waals surface area contributed by atoms with Crippen LogP contribution in [0.4, 0.5) is 0 Å². The molecule has 2 saturated carbocycles. The van der Waals surface area contributed by atoms with E-state index in [1.54, 1.807) is 13.2 Å². The number of aromatic hydroxyl groups is 1. The summed E-state index contributed by atoms with van der Waals surface area (Å²) in [4.78, 5) is 28.5. The van der Waals surface area contributed by atoms with Crippen molar-refractivity contribution in [3.05, 3.63) is 51.4 Å². The van der Waals surface area contributed by atoms with E-state index < -0.39 is 0 Å². The quantitative estimate of drug-likeness (QED) is 0.473. The Kier molecular flexibility index (Phi) is 7.04. The van der Waals surface area contributed by atoms with Crippen molar-refractivity contribution in [1.82, 2.24) is 20.0 Å². The van der Waals surface area contributed by atoms with Gasteiger partial charge >= 0.3 is 0 Å². The van der Waals surface area contributed by atoms with Crippen LogP contribution in [-0.4, -0.2) is 50.9 Å². The molecule has 0 spiro atoms. The third kappa shape index (κ3) is 4.12. The molecule has 3 N–H and O–H groups in total. The first-order chi connectivity index (χ1) is 18.1. The van der Waals surface area contributed by atoms with Crippen LogP contribution >= 0.6 is 0 Å². The van der Waals surface area contributed by atoms with E-state index in [0.29, 0.717) is 17.7 Å². The second kappa shape index (κ2) is 9.89. The summed E-state index contributed by atoms with van der Waals surface area (Å²) < 4.78 is 1.53. The topological polar surface area (TPSA) is 90.4 Å². The number of amides is 1. The number of carbonyl (C=O) groups excluding carboxylic acids is 1. The van der Waals surface area contributed by atoms with Crippen molar-refractivity contribution < 1.29 is 9.90 Å². The smallest absolute Gasteiger partial charge is 0.276 e. The molecule has 208 valence electrons. The molecule has 38 heavy (non-hydrogen) atoms. The van der Waals surface area contributed by atoms with Crippen LogP contribution in [0.5, 0.6) is 5.75 Å². The van der Waals surface area contributed by atoms with Gasteiger partial charge in [-0.3, -0.25) is 24.3 Å². The lowest BCUT2D eigenvalue weighted by Gasteiger charge is -2.60. The van der Waals surface area contributed by atoms with Gasteiger partial charge in [0.1, 0.15) is 11.3 Å². The van der Waals surface area contributed by atoms with Crippen molar-refractivity contribution in [2.45, 2.75) is 90.6 Å². The second-order valence-corrected chi connectivity index (χ2v) is 12.6. The molecule has 2 aliphatic carbocycles. The maximum Gasteiger partial charge on any atom is 0.276 e. The van der Waals surface area contributed by atoms with Gasteiger partial charge in [-0.25, -0.2) is 0 Å². The number of nitrogens with zero attached hydrogens (tertiary/aromatic N) is 2. The average molecular weight is 523 g/mol. The van der Waals surface area contributed by atoms with Crippen LogP contribution in [0.2, 0.25) is 0 Å². The number of hydrogen-bond acceptors (Lipinski definition) is 4. The lowest BCUT2D eigenvalue weighted by Crippen LogP contribution is -2.64. The number of phenols is 1. The minimum absolute atomic E-state index is 0.0190. The zero-order valence-corrected chi connectivity index (χ0v) is 24.0. The summed E-state index contributed by atoms with van der Waals surface area (Å²) in [6.07, 6.45) is 8.31. The number of likely N-dealkylation sites (tertiary alicyclic amines) is 1. The number of hydrogen-bond donors (Lipinski definition) is 3. The Labute approximate surface area is 227 Å². The van der Waals surface area contributed by atoms with Crippen LogP contribution in [0, 0.1) is 23.2 Å². The molecule has 7 heteroatoms. The second-order valence-electron chi connectivity index (χ2n) is 12.6. The number of piperidine rings is 1. The van der Waals surface area contributed by atoms with Crippen molar-refractivity contribution >= 4 is 5.91 Å². The van der Waals surface area contributed by atoms with Crippen LogP contribution in [0.25, 0.3) is 0 Å². The number of carbonyl (C=O) groups is 1. The molecule has 2 aromatic rings. The number of rotatable bonds is 8. The fraction of sp³-hybridized carbons (Fsp3) is 0.677. The Balaban J connectivity index is 1.62. The van der Waals surface area contributed by atoms with Crippen LogP contribution in [0.15, 0.2) is 29.2 Å². The molecule has 7 nitrogen and oxygen atoms in total. The normalized spacial score (nSPS) is 32.2. The van der Waals surface area contributed by atoms with E-state index in [2.05, 4.69) is 56.0 Å². The number of nitrogens with one attached hydrogen (secondary N) is 2. The standard InChI is InChI=1S/C31H46N4O3/c1-7-23-11-12-24(36)15-26(23)31-13-14-35(17-22-9-10-22)21(5)30(31,8-2)16-19(3)27(31)20(4)32-28(37)25-18-34(6)33-29(25)38/h11-12,15,18-22,27,36H,7-10,13-14,16-17H2,1-6H3,(H,32,37)(H,33,38)/t19-,20?,21?,27?,30?,31?/m0/s1. The Hall–Kier alpha value is -2.54. The predicted molar refractivity (Wildman–Crippen MR) is 150 cm³/mol. The van der Waals surface area contributed by atoms with Gasteiger partial charge in [0, 0.05) is 37.3 Å². The van der Waals surface area contributed by atoms with Crippen molar-refractivity contribution in [3.63, 3.8) is 0 Å². The number of aromatic nitrogens is 2. The van der Waals surface area contributed by atoms with Crippen molar-refractivity contribution in [2.24, 2.45) is 30.2 Å². The van der Waals surface area contributed by atoms with Gasteiger partial charge in [0.15, 0.2) is 0 Å². The van der Waals surface area contributed by atoms with Crippen LogP contribution in [0.1, 0.15) is 88.2 Å². The number of phenolic OH excluding ortho intramolecular Hbond substituents is 1. The first kappa shape index (κ1) is 27.0. The summed E-state index contributed by atoms with van der Waals surface area (Å²) in [5.41, 5.74) is 2.18. The number of fused-ring (bicyclic) bond motifs is 1. The molecule has 1 aromatic heterocycles. The highest BCUT2D eigenvalue weighted by molar-refractivity contribution is 5.93. The van der Waals surface area contributed by atoms with E-state index in [0.717, 1.165) is 38.1 Å². The van der Waals surface area contributed by atoms with Crippen molar-refractivity contribution in [2.75, 3.05) is 13.1 Å². The first-order valence-electron chi connectivity index (χ1n) is 14.7. The molecule has 3 fully saturated rings. The highest BCUT2D eigenvalue weighted by Crippen LogP contribution is 2.68. The van der Waals surface area contributed by atoms with Crippen molar-refractivity contribution in [3.8, 4) is 5.75 Å². The summed E-state index contributed by atoms with van der Waals surface area (Å²) >= 11 is 0. The lowest BCUT2D eigenvalue weighted by molar-refractivity contribution is -0.0545. The summed E-state index contributed by atoms with van der Waals surface area (Å²) in [5, 5.41) is 16.7. The number of aryl methyl sites for hydroxylation is 2. The van der Waals surface area contributed by atoms with Gasteiger partial charge in [0.2, 0.25) is 0 Å². The molecule has 1 aromatic carbocycles. The minimum Gasteiger partial charge on any atom is -0.508 e. The first-order valence-corrected chi connectivity index (χ1v) is 14.7. The van der Waals surface area contributed by atoms with Gasteiger partial charge in [0.25, 0.3) is 11.5 Å². The summed E-state index contributed by atoms with van der Waals surface area (Å²) in [6.45, 7) is 13.7. The SMILES string of the molecule is CCc1ccc(O)cc1C12CCN(CC3CC3)C(C)C1(CC)C[C@H](C)C2C(C)NC(=O)c1cn(C)[nH]c1=O. The monoisotopic (exact) mass is 522 g/mol. The maximum absolute atomic E-state index is 13.3. The van der Waals surface area contributed by atoms with E-state index in [-0.39, 0.29) is 39.8 Å². The third-order valence-electron chi connectivity index (χ3n) is 10.7. The Morgan fingerprint density at radius 2 is 2.00 bits per heavy atom. The minimum atomic E-state index is -0.363. The fourth-order valence-electron chi connectivity index (χ4n) is 8.99. The summed E-state index contributed by atoms with van der Waals surface area (Å²) in [7, 11) is 1.72. The number of H-pyrrole nitrogens is 1. The van der Waals surface area contributed by atoms with E-state index >= 15 is 0 Å². The largest absolute Gasteiger partial charge is 0.508 e. The molecule has 1 amide bonds. The van der Waals surface area contributed by atoms with Gasteiger partial charge in [0.05, 0.1) is 0 Å². The average Bonchev–Trinajstić information content (AvgIpc) is 3.56. The molecular formula is C31H46N4O3. The molecule has 6 atom stereocenters. The van der Waals surface area contributed by atoms with Crippen LogP contribution in [0.3, 0.4) is 0 Å². The maximum atomic E-state index is 13.3. The number of benzene rings is 1. The lowest BCUT2D eigenvalue weighted by atomic mass is 9.50. The molecule has 2 heterocycles. The predicted octanol–water partition coefficient (Wildman–Crippen LogP) is 4.59. The van der Waals surface area contributed by atoms with E-state index in [1.807, 2.05) is 12.1 Å². The third-order valence-corrected chi connectivity index (χ3v) is 10.7. The van der Waals surface area contributed by atoms with E-state index in [9.17, 15) is 14.7 Å². The molecule has 0 radical (unpaired) electrons. The molecular weight excluding hydrogens is 476 g/mol. The van der Waals surface area contributed by atoms with Gasteiger partial charge in [-0.05, 0) is 105 Å². The number of aromatic amines is 1.